The standard InChI is InChI=1S/C18H17NO2/c1-21-17-9-5-3-7-13(17)14-11-18(20)19-15-8-4-2-6-12(15)10-16(14)19/h2-9,14,16H,10-11H2,1H3/t14-,16+/m0/s1. The van der Waals surface area contributed by atoms with Crippen LogP contribution in [0.25, 0.3) is 0 Å². The predicted octanol–water partition coefficient (Wildman–Crippen LogP) is 3.14. The van der Waals surface area contributed by atoms with E-state index in [9.17, 15) is 4.79 Å². The Kier molecular flexibility index (Phi) is 2.74. The molecule has 2 heterocycles. The summed E-state index contributed by atoms with van der Waals surface area (Å²) in [4.78, 5) is 14.5. The van der Waals surface area contributed by atoms with Crippen LogP contribution >= 0.6 is 0 Å². The molecule has 1 saturated heterocycles. The van der Waals surface area contributed by atoms with Gasteiger partial charge in [-0.1, -0.05) is 36.4 Å². The molecule has 0 aliphatic carbocycles. The molecule has 2 aliphatic heterocycles. The van der Waals surface area contributed by atoms with Crippen LogP contribution in [0.4, 0.5) is 5.69 Å². The maximum Gasteiger partial charge on any atom is 0.227 e. The van der Waals surface area contributed by atoms with Crippen LogP contribution in [0.3, 0.4) is 0 Å². The number of ether oxygens (including phenoxy) is 1. The van der Waals surface area contributed by atoms with Crippen molar-refractivity contribution in [2.24, 2.45) is 0 Å². The Morgan fingerprint density at radius 3 is 2.67 bits per heavy atom. The number of carbonyl (C=O) groups excluding carboxylic acids is 1. The van der Waals surface area contributed by atoms with Crippen molar-refractivity contribution in [2.45, 2.75) is 24.8 Å². The Morgan fingerprint density at radius 1 is 1.05 bits per heavy atom. The van der Waals surface area contributed by atoms with E-state index in [4.69, 9.17) is 4.74 Å². The van der Waals surface area contributed by atoms with Crippen molar-refractivity contribution in [3.05, 3.63) is 59.7 Å². The lowest BCUT2D eigenvalue weighted by Crippen LogP contribution is -2.31. The van der Waals surface area contributed by atoms with Crippen molar-refractivity contribution in [1.29, 1.82) is 0 Å². The summed E-state index contributed by atoms with van der Waals surface area (Å²) in [6, 6.07) is 16.5. The number of rotatable bonds is 2. The number of nitrogens with zero attached hydrogens (tertiary/aromatic N) is 1. The second-order valence-electron chi connectivity index (χ2n) is 5.72. The van der Waals surface area contributed by atoms with Crippen LogP contribution in [-0.2, 0) is 11.2 Å². The van der Waals surface area contributed by atoms with Crippen molar-refractivity contribution >= 4 is 11.6 Å². The fourth-order valence-electron chi connectivity index (χ4n) is 3.77. The third-order valence-corrected chi connectivity index (χ3v) is 4.68. The molecular formula is C18H17NO2. The topological polar surface area (TPSA) is 29.5 Å². The fraction of sp³-hybridized carbons (Fsp3) is 0.278. The molecule has 2 atom stereocenters. The highest BCUT2D eigenvalue weighted by Gasteiger charge is 2.46. The van der Waals surface area contributed by atoms with Gasteiger partial charge in [-0.3, -0.25) is 4.79 Å². The minimum absolute atomic E-state index is 0.209. The molecule has 3 nitrogen and oxygen atoms in total. The van der Waals surface area contributed by atoms with Gasteiger partial charge in [0.1, 0.15) is 5.75 Å². The third kappa shape index (κ3) is 1.77. The molecule has 106 valence electrons. The largest absolute Gasteiger partial charge is 0.496 e. The number of benzene rings is 2. The highest BCUT2D eigenvalue weighted by Crippen LogP contribution is 2.46. The summed E-state index contributed by atoms with van der Waals surface area (Å²) in [5.74, 6) is 1.31. The molecule has 2 aliphatic rings. The summed E-state index contributed by atoms with van der Waals surface area (Å²) in [5, 5.41) is 0. The van der Waals surface area contributed by atoms with Crippen LogP contribution in [-0.4, -0.2) is 19.1 Å². The van der Waals surface area contributed by atoms with Gasteiger partial charge >= 0.3 is 0 Å². The van der Waals surface area contributed by atoms with Crippen molar-refractivity contribution < 1.29 is 9.53 Å². The van der Waals surface area contributed by atoms with Gasteiger partial charge in [-0.05, 0) is 29.7 Å². The minimum atomic E-state index is 0.209. The summed E-state index contributed by atoms with van der Waals surface area (Å²) in [5.41, 5.74) is 3.51. The molecule has 0 radical (unpaired) electrons. The van der Waals surface area contributed by atoms with Crippen molar-refractivity contribution in [3.63, 3.8) is 0 Å². The van der Waals surface area contributed by atoms with Gasteiger partial charge in [0, 0.05) is 24.1 Å². The maximum atomic E-state index is 12.5. The van der Waals surface area contributed by atoms with Gasteiger partial charge in [0.05, 0.1) is 7.11 Å². The smallest absolute Gasteiger partial charge is 0.227 e. The van der Waals surface area contributed by atoms with E-state index >= 15 is 0 Å². The lowest BCUT2D eigenvalue weighted by Gasteiger charge is -2.22. The van der Waals surface area contributed by atoms with Crippen molar-refractivity contribution in [1.82, 2.24) is 0 Å². The van der Waals surface area contributed by atoms with E-state index in [0.29, 0.717) is 6.42 Å². The summed E-state index contributed by atoms with van der Waals surface area (Å²) < 4.78 is 5.49. The van der Waals surface area contributed by atoms with E-state index in [1.165, 1.54) is 5.56 Å². The Hall–Kier alpha value is -2.29. The second kappa shape index (κ2) is 4.62. The first-order chi connectivity index (χ1) is 10.3. The summed E-state index contributed by atoms with van der Waals surface area (Å²) >= 11 is 0. The molecule has 4 rings (SSSR count). The van der Waals surface area contributed by atoms with Gasteiger partial charge in [0.2, 0.25) is 5.91 Å². The number of hydrogen-bond acceptors (Lipinski definition) is 2. The lowest BCUT2D eigenvalue weighted by atomic mass is 9.89. The first kappa shape index (κ1) is 12.5. The molecule has 1 amide bonds. The Bertz CT molecular complexity index is 710. The number of amides is 1. The van der Waals surface area contributed by atoms with E-state index in [1.54, 1.807) is 7.11 Å². The van der Waals surface area contributed by atoms with E-state index in [-0.39, 0.29) is 17.9 Å². The Labute approximate surface area is 124 Å². The van der Waals surface area contributed by atoms with Gasteiger partial charge in [-0.25, -0.2) is 0 Å². The number of hydrogen-bond donors (Lipinski definition) is 0. The molecule has 0 N–H and O–H groups in total. The highest BCUT2D eigenvalue weighted by molar-refractivity contribution is 5.99. The normalized spacial score (nSPS) is 23.1. The number of carbonyl (C=O) groups is 1. The zero-order chi connectivity index (χ0) is 14.4. The monoisotopic (exact) mass is 279 g/mol. The fourth-order valence-corrected chi connectivity index (χ4v) is 3.77. The van der Waals surface area contributed by atoms with E-state index in [2.05, 4.69) is 18.2 Å². The number of para-hydroxylation sites is 2. The van der Waals surface area contributed by atoms with Crippen LogP contribution in [0.5, 0.6) is 5.75 Å². The lowest BCUT2D eigenvalue weighted by molar-refractivity contribution is -0.117. The van der Waals surface area contributed by atoms with Gasteiger partial charge in [-0.15, -0.1) is 0 Å². The van der Waals surface area contributed by atoms with Crippen LogP contribution < -0.4 is 9.64 Å². The molecule has 0 unspecified atom stereocenters. The first-order valence-corrected chi connectivity index (χ1v) is 7.32. The van der Waals surface area contributed by atoms with Gasteiger partial charge in [0.25, 0.3) is 0 Å². The number of fused-ring (bicyclic) bond motifs is 3. The molecule has 0 saturated carbocycles. The minimum Gasteiger partial charge on any atom is -0.496 e. The van der Waals surface area contributed by atoms with E-state index < -0.39 is 0 Å². The molecule has 1 fully saturated rings. The zero-order valence-corrected chi connectivity index (χ0v) is 12.0. The highest BCUT2D eigenvalue weighted by atomic mass is 16.5. The predicted molar refractivity (Wildman–Crippen MR) is 81.8 cm³/mol. The van der Waals surface area contributed by atoms with Gasteiger partial charge in [-0.2, -0.15) is 0 Å². The average Bonchev–Trinajstić information content (AvgIpc) is 3.05. The van der Waals surface area contributed by atoms with Crippen molar-refractivity contribution in [2.75, 3.05) is 12.0 Å². The summed E-state index contributed by atoms with van der Waals surface area (Å²) in [6.07, 6.45) is 1.50. The maximum absolute atomic E-state index is 12.5. The quantitative estimate of drug-likeness (QED) is 0.845. The summed E-state index contributed by atoms with van der Waals surface area (Å²) in [7, 11) is 1.69. The van der Waals surface area contributed by atoms with Crippen LogP contribution in [0.1, 0.15) is 23.5 Å². The number of anilines is 1. The van der Waals surface area contributed by atoms with E-state index in [0.717, 1.165) is 23.4 Å². The molecule has 0 aromatic heterocycles. The molecule has 0 spiro atoms. The van der Waals surface area contributed by atoms with Crippen molar-refractivity contribution in [3.8, 4) is 5.75 Å². The molecule has 21 heavy (non-hydrogen) atoms. The van der Waals surface area contributed by atoms with E-state index in [1.807, 2.05) is 35.2 Å². The second-order valence-corrected chi connectivity index (χ2v) is 5.72. The first-order valence-electron chi connectivity index (χ1n) is 7.32. The van der Waals surface area contributed by atoms with Crippen LogP contribution in [0, 0.1) is 0 Å². The number of methoxy groups -OCH3 is 1. The molecule has 0 bridgehead atoms. The Balaban J connectivity index is 1.77. The Morgan fingerprint density at radius 2 is 1.81 bits per heavy atom. The summed E-state index contributed by atoms with van der Waals surface area (Å²) in [6.45, 7) is 0. The average molecular weight is 279 g/mol. The SMILES string of the molecule is COc1ccccc1[C@@H]1CC(=O)N2c3ccccc3C[C@H]12. The zero-order valence-electron chi connectivity index (χ0n) is 12.0. The van der Waals surface area contributed by atoms with Crippen LogP contribution in [0.2, 0.25) is 0 Å². The van der Waals surface area contributed by atoms with Gasteiger partial charge in [0.15, 0.2) is 0 Å². The third-order valence-electron chi connectivity index (χ3n) is 4.68. The molecule has 2 aromatic rings. The van der Waals surface area contributed by atoms with Gasteiger partial charge < -0.3 is 9.64 Å². The van der Waals surface area contributed by atoms with Crippen LogP contribution in [0.15, 0.2) is 48.5 Å². The molecular weight excluding hydrogens is 262 g/mol. The molecule has 2 aromatic carbocycles. The molecule has 3 heteroatoms.